The average molecular weight is 283 g/mol. The first kappa shape index (κ1) is 13.4. The van der Waals surface area contributed by atoms with Gasteiger partial charge >= 0.3 is 0 Å². The Labute approximate surface area is 115 Å². The van der Waals surface area contributed by atoms with Crippen LogP contribution in [0.15, 0.2) is 52.3 Å². The van der Waals surface area contributed by atoms with E-state index < -0.39 is 6.10 Å². The molecule has 0 bridgehead atoms. The van der Waals surface area contributed by atoms with Crippen molar-refractivity contribution >= 4 is 23.4 Å². The van der Waals surface area contributed by atoms with E-state index >= 15 is 0 Å². The van der Waals surface area contributed by atoms with E-state index in [1.165, 1.54) is 17.8 Å². The van der Waals surface area contributed by atoms with E-state index in [2.05, 4.69) is 0 Å². The second-order valence-electron chi connectivity index (χ2n) is 3.92. The maximum atomic E-state index is 13.8. The molecule has 1 nitrogen and oxygen atoms in total. The van der Waals surface area contributed by atoms with E-state index in [-0.39, 0.29) is 5.82 Å². The smallest absolute Gasteiger partial charge is 0.137 e. The van der Waals surface area contributed by atoms with Crippen LogP contribution in [0.3, 0.4) is 0 Å². The number of rotatable bonds is 3. The molecule has 0 amide bonds. The van der Waals surface area contributed by atoms with Crippen molar-refractivity contribution < 1.29 is 9.50 Å². The number of aliphatic hydroxyl groups is 1. The lowest BCUT2D eigenvalue weighted by atomic mass is 10.1. The molecule has 1 atom stereocenters. The molecule has 0 aromatic heterocycles. The molecule has 2 aromatic carbocycles. The Hall–Kier alpha value is -1.03. The zero-order valence-corrected chi connectivity index (χ0v) is 11.3. The van der Waals surface area contributed by atoms with Gasteiger partial charge < -0.3 is 5.11 Å². The van der Waals surface area contributed by atoms with Crippen molar-refractivity contribution in [2.24, 2.45) is 0 Å². The molecule has 1 N–H and O–H groups in total. The molecule has 0 aliphatic rings. The summed E-state index contributed by atoms with van der Waals surface area (Å²) < 4.78 is 13.8. The standard InChI is InChI=1S/C14H12ClFOS/c1-9(17)10-2-7-14(13(16)8-10)18-12-5-3-11(15)4-6-12/h2-9,17H,1H3/t9-/m0/s1. The van der Waals surface area contributed by atoms with Crippen LogP contribution in [0.2, 0.25) is 5.02 Å². The van der Waals surface area contributed by atoms with Crippen molar-refractivity contribution in [2.75, 3.05) is 0 Å². The molecular weight excluding hydrogens is 271 g/mol. The van der Waals surface area contributed by atoms with Crippen molar-refractivity contribution in [1.82, 2.24) is 0 Å². The Kier molecular flexibility index (Phi) is 4.27. The maximum Gasteiger partial charge on any atom is 0.137 e. The summed E-state index contributed by atoms with van der Waals surface area (Å²) in [6.45, 7) is 1.61. The van der Waals surface area contributed by atoms with Gasteiger partial charge in [0.1, 0.15) is 5.82 Å². The van der Waals surface area contributed by atoms with E-state index in [1.807, 2.05) is 12.1 Å². The van der Waals surface area contributed by atoms with Crippen molar-refractivity contribution in [1.29, 1.82) is 0 Å². The number of halogens is 2. The van der Waals surface area contributed by atoms with Crippen LogP contribution in [0.4, 0.5) is 4.39 Å². The minimum absolute atomic E-state index is 0.326. The summed E-state index contributed by atoms with van der Waals surface area (Å²) in [5.41, 5.74) is 0.577. The van der Waals surface area contributed by atoms with Crippen molar-refractivity contribution in [2.45, 2.75) is 22.8 Å². The van der Waals surface area contributed by atoms with Crippen LogP contribution in [0.1, 0.15) is 18.6 Å². The summed E-state index contributed by atoms with van der Waals surface area (Å²) in [5, 5.41) is 10.0. The Morgan fingerprint density at radius 1 is 1.17 bits per heavy atom. The Morgan fingerprint density at radius 3 is 2.39 bits per heavy atom. The monoisotopic (exact) mass is 282 g/mol. The molecule has 0 saturated heterocycles. The normalized spacial score (nSPS) is 12.4. The zero-order valence-electron chi connectivity index (χ0n) is 9.73. The summed E-state index contributed by atoms with van der Waals surface area (Å²) in [6.07, 6.45) is -0.658. The highest BCUT2D eigenvalue weighted by atomic mass is 35.5. The van der Waals surface area contributed by atoms with Gasteiger partial charge in [0.15, 0.2) is 0 Å². The molecule has 0 fully saturated rings. The van der Waals surface area contributed by atoms with Gasteiger partial charge in [0.25, 0.3) is 0 Å². The fourth-order valence-electron chi connectivity index (χ4n) is 1.49. The van der Waals surface area contributed by atoms with Gasteiger partial charge in [-0.15, -0.1) is 0 Å². The van der Waals surface area contributed by atoms with E-state index in [9.17, 15) is 9.50 Å². The second-order valence-corrected chi connectivity index (χ2v) is 5.47. The second kappa shape index (κ2) is 5.74. The van der Waals surface area contributed by atoms with Gasteiger partial charge in [0.05, 0.1) is 6.10 Å². The molecule has 0 unspecified atom stereocenters. The molecule has 0 aliphatic heterocycles. The van der Waals surface area contributed by atoms with E-state index in [0.29, 0.717) is 15.5 Å². The average Bonchev–Trinajstić information content (AvgIpc) is 2.34. The fraction of sp³-hybridized carbons (Fsp3) is 0.143. The summed E-state index contributed by atoms with van der Waals surface area (Å²) in [4.78, 5) is 1.45. The van der Waals surface area contributed by atoms with Gasteiger partial charge in [-0.2, -0.15) is 0 Å². The van der Waals surface area contributed by atoms with Crippen LogP contribution in [-0.4, -0.2) is 5.11 Å². The first-order valence-corrected chi connectivity index (χ1v) is 6.66. The SMILES string of the molecule is C[C@H](O)c1ccc(Sc2ccc(Cl)cc2)c(F)c1. The van der Waals surface area contributed by atoms with Gasteiger partial charge in [0.2, 0.25) is 0 Å². The number of benzene rings is 2. The molecule has 0 radical (unpaired) electrons. The van der Waals surface area contributed by atoms with E-state index in [4.69, 9.17) is 11.6 Å². The molecule has 94 valence electrons. The highest BCUT2D eigenvalue weighted by Gasteiger charge is 2.08. The predicted molar refractivity (Wildman–Crippen MR) is 72.6 cm³/mol. The van der Waals surface area contributed by atoms with E-state index in [0.717, 1.165) is 4.90 Å². The topological polar surface area (TPSA) is 20.2 Å². The molecule has 2 rings (SSSR count). The molecule has 18 heavy (non-hydrogen) atoms. The number of aliphatic hydroxyl groups excluding tert-OH is 1. The van der Waals surface area contributed by atoms with Gasteiger partial charge in [0, 0.05) is 14.8 Å². The Morgan fingerprint density at radius 2 is 1.83 bits per heavy atom. The van der Waals surface area contributed by atoms with Crippen LogP contribution >= 0.6 is 23.4 Å². The lowest BCUT2D eigenvalue weighted by molar-refractivity contribution is 0.198. The predicted octanol–water partition coefficient (Wildman–Crippen LogP) is 4.68. The van der Waals surface area contributed by atoms with Crippen molar-refractivity contribution in [3.8, 4) is 0 Å². The van der Waals surface area contributed by atoms with Crippen molar-refractivity contribution in [3.05, 3.63) is 58.9 Å². The molecule has 4 heteroatoms. The third kappa shape index (κ3) is 3.25. The Balaban J connectivity index is 2.22. The molecule has 0 aliphatic carbocycles. The fourth-order valence-corrected chi connectivity index (χ4v) is 2.43. The molecule has 0 heterocycles. The first-order valence-electron chi connectivity index (χ1n) is 5.47. The zero-order chi connectivity index (χ0) is 13.1. The molecule has 0 spiro atoms. The minimum Gasteiger partial charge on any atom is -0.389 e. The Bertz CT molecular complexity index is 540. The minimum atomic E-state index is -0.658. The van der Waals surface area contributed by atoms with Crippen LogP contribution in [0, 0.1) is 5.82 Å². The van der Waals surface area contributed by atoms with Crippen LogP contribution in [0.5, 0.6) is 0 Å². The third-order valence-corrected chi connectivity index (χ3v) is 3.79. The summed E-state index contributed by atoms with van der Waals surface area (Å²) in [7, 11) is 0. The largest absolute Gasteiger partial charge is 0.389 e. The third-order valence-electron chi connectivity index (χ3n) is 2.48. The lowest BCUT2D eigenvalue weighted by Gasteiger charge is -2.08. The van der Waals surface area contributed by atoms with Crippen LogP contribution in [0.25, 0.3) is 0 Å². The van der Waals surface area contributed by atoms with Crippen LogP contribution < -0.4 is 0 Å². The number of hydrogen-bond donors (Lipinski definition) is 1. The van der Waals surface area contributed by atoms with Gasteiger partial charge in [-0.25, -0.2) is 4.39 Å². The van der Waals surface area contributed by atoms with E-state index in [1.54, 1.807) is 31.2 Å². The summed E-state index contributed by atoms with van der Waals surface area (Å²) in [6, 6.07) is 12.0. The van der Waals surface area contributed by atoms with Gasteiger partial charge in [-0.1, -0.05) is 29.4 Å². The van der Waals surface area contributed by atoms with Gasteiger partial charge in [-0.3, -0.25) is 0 Å². The maximum absolute atomic E-state index is 13.8. The molecule has 0 saturated carbocycles. The summed E-state index contributed by atoms with van der Waals surface area (Å²) in [5.74, 6) is -0.326. The first-order chi connectivity index (χ1) is 8.56. The quantitative estimate of drug-likeness (QED) is 0.882. The number of hydrogen-bond acceptors (Lipinski definition) is 2. The lowest BCUT2D eigenvalue weighted by Crippen LogP contribution is -1.92. The highest BCUT2D eigenvalue weighted by molar-refractivity contribution is 7.99. The van der Waals surface area contributed by atoms with Crippen molar-refractivity contribution in [3.63, 3.8) is 0 Å². The van der Waals surface area contributed by atoms with Gasteiger partial charge in [-0.05, 0) is 48.9 Å². The summed E-state index contributed by atoms with van der Waals surface area (Å²) >= 11 is 7.12. The van der Waals surface area contributed by atoms with Crippen LogP contribution in [-0.2, 0) is 0 Å². The molecular formula is C14H12ClFOS. The molecule has 2 aromatic rings. The highest BCUT2D eigenvalue weighted by Crippen LogP contribution is 2.31.